The van der Waals surface area contributed by atoms with Gasteiger partial charge in [-0.05, 0) is 30.7 Å². The molecule has 2 atom stereocenters. The van der Waals surface area contributed by atoms with Gasteiger partial charge in [0.15, 0.2) is 5.69 Å². The number of nitrogens with zero attached hydrogens (tertiary/aromatic N) is 3. The van der Waals surface area contributed by atoms with E-state index in [9.17, 15) is 14.7 Å². The van der Waals surface area contributed by atoms with Crippen molar-refractivity contribution >= 4 is 23.5 Å². The average molecular weight is 376 g/mol. The highest BCUT2D eigenvalue weighted by molar-refractivity contribution is 6.30. The number of hydrogen-bond acceptors (Lipinski definition) is 4. The van der Waals surface area contributed by atoms with Crippen molar-refractivity contribution in [3.05, 3.63) is 47.2 Å². The molecular weight excluding hydrogens is 358 g/mol. The summed E-state index contributed by atoms with van der Waals surface area (Å²) in [6.07, 6.45) is 2.12. The van der Waals surface area contributed by atoms with Crippen molar-refractivity contribution in [2.75, 3.05) is 26.3 Å². The van der Waals surface area contributed by atoms with Crippen molar-refractivity contribution in [2.45, 2.75) is 6.42 Å². The lowest BCUT2D eigenvalue weighted by Gasteiger charge is -2.33. The fraction of sp³-hybridized carbons (Fsp3) is 0.389. The lowest BCUT2D eigenvalue weighted by Crippen LogP contribution is -2.45. The van der Waals surface area contributed by atoms with E-state index in [1.807, 2.05) is 12.1 Å². The summed E-state index contributed by atoms with van der Waals surface area (Å²) in [5.41, 5.74) is 0.121. The molecule has 8 heteroatoms. The van der Waals surface area contributed by atoms with Gasteiger partial charge < -0.3 is 14.7 Å². The van der Waals surface area contributed by atoms with E-state index in [1.54, 1.807) is 34.0 Å². The van der Waals surface area contributed by atoms with Crippen molar-refractivity contribution in [1.82, 2.24) is 14.7 Å². The third-order valence-electron chi connectivity index (χ3n) is 5.30. The summed E-state index contributed by atoms with van der Waals surface area (Å²) in [5, 5.41) is 14.6. The molecule has 2 aliphatic rings. The van der Waals surface area contributed by atoms with Crippen molar-refractivity contribution in [1.29, 1.82) is 0 Å². The van der Waals surface area contributed by atoms with E-state index >= 15 is 0 Å². The van der Waals surface area contributed by atoms with Crippen LogP contribution in [0.2, 0.25) is 5.02 Å². The lowest BCUT2D eigenvalue weighted by molar-refractivity contribution is -0.157. The molecule has 2 aliphatic heterocycles. The van der Waals surface area contributed by atoms with Gasteiger partial charge in [-0.15, -0.1) is 0 Å². The molecule has 0 saturated carbocycles. The van der Waals surface area contributed by atoms with Gasteiger partial charge in [0.1, 0.15) is 0 Å². The highest BCUT2D eigenvalue weighted by Crippen LogP contribution is 2.42. The Morgan fingerprint density at radius 1 is 1.35 bits per heavy atom. The van der Waals surface area contributed by atoms with Crippen LogP contribution in [0.5, 0.6) is 0 Å². The summed E-state index contributed by atoms with van der Waals surface area (Å²) < 4.78 is 7.01. The number of ether oxygens (including phenoxy) is 1. The van der Waals surface area contributed by atoms with E-state index in [0.717, 1.165) is 5.69 Å². The molecule has 3 heterocycles. The first-order valence-corrected chi connectivity index (χ1v) is 8.79. The van der Waals surface area contributed by atoms with E-state index < -0.39 is 11.4 Å². The Labute approximate surface area is 155 Å². The van der Waals surface area contributed by atoms with Gasteiger partial charge in [0, 0.05) is 36.8 Å². The summed E-state index contributed by atoms with van der Waals surface area (Å²) >= 11 is 6.00. The van der Waals surface area contributed by atoms with Crippen LogP contribution in [0, 0.1) is 11.3 Å². The van der Waals surface area contributed by atoms with Gasteiger partial charge in [0.25, 0.3) is 5.91 Å². The zero-order valence-corrected chi connectivity index (χ0v) is 14.7. The first-order chi connectivity index (χ1) is 12.5. The predicted molar refractivity (Wildman–Crippen MR) is 93.5 cm³/mol. The van der Waals surface area contributed by atoms with Crippen molar-refractivity contribution in [2.24, 2.45) is 11.3 Å². The zero-order chi connectivity index (χ0) is 18.3. The van der Waals surface area contributed by atoms with Crippen LogP contribution in [-0.2, 0) is 9.53 Å². The van der Waals surface area contributed by atoms with Crippen LogP contribution in [0.1, 0.15) is 16.9 Å². The Kier molecular flexibility index (Phi) is 4.20. The van der Waals surface area contributed by atoms with Crippen LogP contribution in [0.15, 0.2) is 36.5 Å². The molecule has 2 saturated heterocycles. The number of carbonyl (C=O) groups is 2. The molecule has 2 aromatic rings. The number of carboxylic acids is 1. The Morgan fingerprint density at radius 2 is 2.19 bits per heavy atom. The molecule has 1 N–H and O–H groups in total. The molecule has 1 aromatic heterocycles. The fourth-order valence-corrected chi connectivity index (χ4v) is 4.00. The van der Waals surface area contributed by atoms with Crippen LogP contribution in [-0.4, -0.2) is 58.0 Å². The Bertz CT molecular complexity index is 868. The molecule has 1 amide bonds. The van der Waals surface area contributed by atoms with Crippen molar-refractivity contribution in [3.63, 3.8) is 0 Å². The summed E-state index contributed by atoms with van der Waals surface area (Å²) in [7, 11) is 0. The second kappa shape index (κ2) is 6.41. The zero-order valence-electron chi connectivity index (χ0n) is 14.0. The maximum Gasteiger partial charge on any atom is 0.311 e. The second-order valence-corrected chi connectivity index (χ2v) is 7.23. The average Bonchev–Trinajstić information content (AvgIpc) is 3.27. The quantitative estimate of drug-likeness (QED) is 0.887. The third-order valence-corrected chi connectivity index (χ3v) is 5.54. The van der Waals surface area contributed by atoms with Gasteiger partial charge in [-0.25, -0.2) is 4.68 Å². The second-order valence-electron chi connectivity index (χ2n) is 6.79. The van der Waals surface area contributed by atoms with E-state index in [1.165, 1.54) is 0 Å². The summed E-state index contributed by atoms with van der Waals surface area (Å²) in [6, 6.07) is 8.80. The standard InChI is InChI=1S/C18H18ClN3O4/c19-13-2-1-3-14(8-13)22-6-4-15(20-22)16(23)21-9-12-10-26-7-5-18(12,11-21)17(24)25/h1-4,6,8,12H,5,7,9-11H2,(H,24,25)/t12-,18+/m0/s1. The van der Waals surface area contributed by atoms with Crippen LogP contribution in [0.4, 0.5) is 0 Å². The number of aliphatic carboxylic acids is 1. The number of amides is 1. The van der Waals surface area contributed by atoms with E-state index in [-0.39, 0.29) is 24.1 Å². The number of fused-ring (bicyclic) bond motifs is 1. The van der Waals surface area contributed by atoms with Gasteiger partial charge in [-0.3, -0.25) is 9.59 Å². The van der Waals surface area contributed by atoms with Crippen LogP contribution < -0.4 is 0 Å². The SMILES string of the molecule is O=C(c1ccn(-c2cccc(Cl)c2)n1)N1C[C@H]2COCC[C@@]2(C(=O)O)C1. The lowest BCUT2D eigenvalue weighted by atomic mass is 9.74. The number of aromatic nitrogens is 2. The molecule has 0 radical (unpaired) electrons. The van der Waals surface area contributed by atoms with Gasteiger partial charge in [0.05, 0.1) is 17.7 Å². The topological polar surface area (TPSA) is 84.7 Å². The predicted octanol–water partition coefficient (Wildman–Crippen LogP) is 2.09. The number of carboxylic acid groups (broad SMARTS) is 1. The largest absolute Gasteiger partial charge is 0.481 e. The number of hydrogen-bond donors (Lipinski definition) is 1. The molecule has 0 spiro atoms. The number of rotatable bonds is 3. The Balaban J connectivity index is 1.56. The highest BCUT2D eigenvalue weighted by atomic mass is 35.5. The molecule has 136 valence electrons. The number of likely N-dealkylation sites (tertiary alicyclic amines) is 1. The van der Waals surface area contributed by atoms with Crippen LogP contribution >= 0.6 is 11.6 Å². The van der Waals surface area contributed by atoms with Gasteiger partial charge >= 0.3 is 5.97 Å². The maximum atomic E-state index is 12.9. The van der Waals surface area contributed by atoms with Crippen molar-refractivity contribution < 1.29 is 19.4 Å². The fourth-order valence-electron chi connectivity index (χ4n) is 3.82. The molecule has 0 bridgehead atoms. The maximum absolute atomic E-state index is 12.9. The highest BCUT2D eigenvalue weighted by Gasteiger charge is 2.55. The van der Waals surface area contributed by atoms with E-state index in [4.69, 9.17) is 16.3 Å². The number of benzene rings is 1. The van der Waals surface area contributed by atoms with Gasteiger partial charge in [-0.1, -0.05) is 17.7 Å². The monoisotopic (exact) mass is 375 g/mol. The van der Waals surface area contributed by atoms with Crippen molar-refractivity contribution in [3.8, 4) is 5.69 Å². The minimum absolute atomic E-state index is 0.187. The summed E-state index contributed by atoms with van der Waals surface area (Å²) in [6.45, 7) is 1.34. The van der Waals surface area contributed by atoms with E-state index in [0.29, 0.717) is 31.2 Å². The van der Waals surface area contributed by atoms with Crippen LogP contribution in [0.25, 0.3) is 5.69 Å². The minimum atomic E-state index is -0.913. The Hall–Kier alpha value is -2.38. The van der Waals surface area contributed by atoms with Gasteiger partial charge in [0.2, 0.25) is 0 Å². The number of carbonyl (C=O) groups excluding carboxylic acids is 1. The molecule has 1 aromatic carbocycles. The molecule has 4 rings (SSSR count). The molecule has 26 heavy (non-hydrogen) atoms. The number of halogens is 1. The molecule has 7 nitrogen and oxygen atoms in total. The normalized spacial score (nSPS) is 25.1. The molecular formula is C18H18ClN3O4. The van der Waals surface area contributed by atoms with Crippen LogP contribution in [0.3, 0.4) is 0 Å². The summed E-state index contributed by atoms with van der Waals surface area (Å²) in [4.78, 5) is 26.3. The van der Waals surface area contributed by atoms with E-state index in [2.05, 4.69) is 5.10 Å². The first-order valence-electron chi connectivity index (χ1n) is 8.42. The molecule has 0 aliphatic carbocycles. The third kappa shape index (κ3) is 2.77. The summed E-state index contributed by atoms with van der Waals surface area (Å²) in [5.74, 6) is -1.31. The van der Waals surface area contributed by atoms with Gasteiger partial charge in [-0.2, -0.15) is 5.10 Å². The Morgan fingerprint density at radius 3 is 2.92 bits per heavy atom. The molecule has 0 unspecified atom stereocenters. The minimum Gasteiger partial charge on any atom is -0.481 e. The molecule has 2 fully saturated rings. The smallest absolute Gasteiger partial charge is 0.311 e. The first kappa shape index (κ1) is 17.1.